The monoisotopic (exact) mass is 196 g/mol. The van der Waals surface area contributed by atoms with Crippen molar-refractivity contribution in [1.82, 2.24) is 10.2 Å². The summed E-state index contributed by atoms with van der Waals surface area (Å²) in [6.07, 6.45) is 4.18. The third-order valence-corrected chi connectivity index (χ3v) is 3.81. The average molecular weight is 196 g/mol. The first-order valence-corrected chi connectivity index (χ1v) is 6.17. The standard InChI is InChI=1S/C12H24N2/c1-9(2)10(3)14-7-6-12(8-14)13-11-4-5-11/h9-13H,4-8H2,1-3H3. The fourth-order valence-corrected chi connectivity index (χ4v) is 2.30. The fraction of sp³-hybridized carbons (Fsp3) is 1.00. The van der Waals surface area contributed by atoms with E-state index in [1.54, 1.807) is 0 Å². The Morgan fingerprint density at radius 1 is 1.07 bits per heavy atom. The zero-order valence-electron chi connectivity index (χ0n) is 9.79. The molecule has 2 rings (SSSR count). The van der Waals surface area contributed by atoms with E-state index in [0.29, 0.717) is 0 Å². The number of nitrogens with zero attached hydrogens (tertiary/aromatic N) is 1. The maximum atomic E-state index is 3.73. The smallest absolute Gasteiger partial charge is 0.0209 e. The van der Waals surface area contributed by atoms with Crippen molar-refractivity contribution in [2.45, 2.75) is 58.2 Å². The summed E-state index contributed by atoms with van der Waals surface area (Å²) in [5.41, 5.74) is 0. The molecule has 2 aliphatic rings. The van der Waals surface area contributed by atoms with E-state index in [0.717, 1.165) is 24.0 Å². The van der Waals surface area contributed by atoms with Gasteiger partial charge in [0, 0.05) is 31.2 Å². The van der Waals surface area contributed by atoms with Crippen molar-refractivity contribution in [2.24, 2.45) is 5.92 Å². The topological polar surface area (TPSA) is 15.3 Å². The van der Waals surface area contributed by atoms with E-state index in [4.69, 9.17) is 0 Å². The van der Waals surface area contributed by atoms with Gasteiger partial charge in [0.2, 0.25) is 0 Å². The van der Waals surface area contributed by atoms with Crippen molar-refractivity contribution in [3.63, 3.8) is 0 Å². The molecule has 2 fully saturated rings. The van der Waals surface area contributed by atoms with Crippen LogP contribution in [0.2, 0.25) is 0 Å². The molecule has 0 bridgehead atoms. The molecule has 2 nitrogen and oxygen atoms in total. The summed E-state index contributed by atoms with van der Waals surface area (Å²) < 4.78 is 0. The molecule has 0 radical (unpaired) electrons. The molecular weight excluding hydrogens is 172 g/mol. The molecule has 1 N–H and O–H groups in total. The normalized spacial score (nSPS) is 31.3. The molecule has 2 heteroatoms. The number of nitrogens with one attached hydrogen (secondary N) is 1. The summed E-state index contributed by atoms with van der Waals surface area (Å²) >= 11 is 0. The first-order chi connectivity index (χ1) is 6.66. The highest BCUT2D eigenvalue weighted by Crippen LogP contribution is 2.23. The highest BCUT2D eigenvalue weighted by molar-refractivity contribution is 4.91. The summed E-state index contributed by atoms with van der Waals surface area (Å²) in [6.45, 7) is 9.59. The molecule has 0 spiro atoms. The lowest BCUT2D eigenvalue weighted by Gasteiger charge is -2.27. The van der Waals surface area contributed by atoms with Crippen molar-refractivity contribution in [3.05, 3.63) is 0 Å². The van der Waals surface area contributed by atoms with Crippen LogP contribution in [0.25, 0.3) is 0 Å². The predicted octanol–water partition coefficient (Wildman–Crippen LogP) is 1.86. The predicted molar refractivity (Wildman–Crippen MR) is 60.4 cm³/mol. The Bertz CT molecular complexity index is 187. The molecule has 1 aliphatic carbocycles. The van der Waals surface area contributed by atoms with Gasteiger partial charge in [0.15, 0.2) is 0 Å². The van der Waals surface area contributed by atoms with Crippen molar-refractivity contribution >= 4 is 0 Å². The van der Waals surface area contributed by atoms with Crippen LogP contribution < -0.4 is 5.32 Å². The van der Waals surface area contributed by atoms with Crippen LogP contribution in [0.15, 0.2) is 0 Å². The molecule has 0 aromatic carbocycles. The Kier molecular flexibility index (Phi) is 3.13. The Hall–Kier alpha value is -0.0800. The molecule has 1 saturated carbocycles. The lowest BCUT2D eigenvalue weighted by Crippen LogP contribution is -2.39. The molecule has 1 saturated heterocycles. The molecule has 1 aliphatic heterocycles. The third-order valence-electron chi connectivity index (χ3n) is 3.81. The van der Waals surface area contributed by atoms with Crippen molar-refractivity contribution in [1.29, 1.82) is 0 Å². The summed E-state index contributed by atoms with van der Waals surface area (Å²) in [6, 6.07) is 2.40. The summed E-state index contributed by atoms with van der Waals surface area (Å²) in [4.78, 5) is 2.64. The second-order valence-corrected chi connectivity index (χ2v) is 5.41. The zero-order valence-corrected chi connectivity index (χ0v) is 9.79. The average Bonchev–Trinajstić information content (AvgIpc) is 2.81. The van der Waals surface area contributed by atoms with E-state index in [2.05, 4.69) is 31.0 Å². The Balaban J connectivity index is 1.75. The number of hydrogen-bond donors (Lipinski definition) is 1. The van der Waals surface area contributed by atoms with Crippen LogP contribution in [-0.4, -0.2) is 36.1 Å². The lowest BCUT2D eigenvalue weighted by molar-refractivity contribution is 0.203. The number of likely N-dealkylation sites (tertiary alicyclic amines) is 1. The van der Waals surface area contributed by atoms with Gasteiger partial charge in [-0.15, -0.1) is 0 Å². The van der Waals surface area contributed by atoms with E-state index >= 15 is 0 Å². The highest BCUT2D eigenvalue weighted by Gasteiger charge is 2.31. The van der Waals surface area contributed by atoms with Crippen LogP contribution in [0, 0.1) is 5.92 Å². The molecule has 2 atom stereocenters. The lowest BCUT2D eigenvalue weighted by atomic mass is 10.1. The quantitative estimate of drug-likeness (QED) is 0.738. The fourth-order valence-electron chi connectivity index (χ4n) is 2.30. The molecule has 82 valence electrons. The largest absolute Gasteiger partial charge is 0.310 e. The molecule has 0 aromatic rings. The molecule has 0 amide bonds. The van der Waals surface area contributed by atoms with Crippen LogP contribution in [0.3, 0.4) is 0 Å². The van der Waals surface area contributed by atoms with Crippen molar-refractivity contribution < 1.29 is 0 Å². The summed E-state index contributed by atoms with van der Waals surface area (Å²) in [5.74, 6) is 0.787. The minimum Gasteiger partial charge on any atom is -0.310 e. The Morgan fingerprint density at radius 3 is 2.36 bits per heavy atom. The maximum Gasteiger partial charge on any atom is 0.0209 e. The first-order valence-electron chi connectivity index (χ1n) is 6.17. The second kappa shape index (κ2) is 4.19. The van der Waals surface area contributed by atoms with Gasteiger partial charge in [-0.25, -0.2) is 0 Å². The van der Waals surface area contributed by atoms with E-state index in [9.17, 15) is 0 Å². The van der Waals surface area contributed by atoms with Gasteiger partial charge in [-0.3, -0.25) is 4.90 Å². The Morgan fingerprint density at radius 2 is 1.79 bits per heavy atom. The van der Waals surface area contributed by atoms with Gasteiger partial charge in [-0.05, 0) is 32.1 Å². The van der Waals surface area contributed by atoms with Crippen molar-refractivity contribution in [3.8, 4) is 0 Å². The van der Waals surface area contributed by atoms with Gasteiger partial charge < -0.3 is 5.32 Å². The van der Waals surface area contributed by atoms with Crippen LogP contribution in [-0.2, 0) is 0 Å². The minimum absolute atomic E-state index is 0.751. The van der Waals surface area contributed by atoms with Gasteiger partial charge in [0.25, 0.3) is 0 Å². The number of hydrogen-bond acceptors (Lipinski definition) is 2. The van der Waals surface area contributed by atoms with E-state index in [1.807, 2.05) is 0 Å². The number of rotatable bonds is 4. The van der Waals surface area contributed by atoms with Gasteiger partial charge in [0.05, 0.1) is 0 Å². The molecule has 0 aromatic heterocycles. The van der Waals surface area contributed by atoms with Crippen LogP contribution in [0.1, 0.15) is 40.0 Å². The zero-order chi connectivity index (χ0) is 10.1. The van der Waals surface area contributed by atoms with Gasteiger partial charge in [0.1, 0.15) is 0 Å². The molecular formula is C12H24N2. The summed E-state index contributed by atoms with van der Waals surface area (Å²) in [5, 5.41) is 3.73. The van der Waals surface area contributed by atoms with E-state index in [-0.39, 0.29) is 0 Å². The van der Waals surface area contributed by atoms with Crippen LogP contribution in [0.4, 0.5) is 0 Å². The Labute approximate surface area is 88.1 Å². The maximum absolute atomic E-state index is 3.73. The highest BCUT2D eigenvalue weighted by atomic mass is 15.2. The molecule has 1 heterocycles. The molecule has 14 heavy (non-hydrogen) atoms. The van der Waals surface area contributed by atoms with Gasteiger partial charge in [-0.2, -0.15) is 0 Å². The third kappa shape index (κ3) is 2.48. The van der Waals surface area contributed by atoms with Crippen LogP contribution >= 0.6 is 0 Å². The van der Waals surface area contributed by atoms with E-state index < -0.39 is 0 Å². The van der Waals surface area contributed by atoms with Gasteiger partial charge >= 0.3 is 0 Å². The first kappa shape index (κ1) is 10.4. The minimum atomic E-state index is 0.751. The SMILES string of the molecule is CC(C)C(C)N1CCC(NC2CC2)C1. The van der Waals surface area contributed by atoms with Gasteiger partial charge in [-0.1, -0.05) is 13.8 Å². The van der Waals surface area contributed by atoms with Crippen molar-refractivity contribution in [2.75, 3.05) is 13.1 Å². The second-order valence-electron chi connectivity index (χ2n) is 5.41. The van der Waals surface area contributed by atoms with E-state index in [1.165, 1.54) is 32.4 Å². The van der Waals surface area contributed by atoms with Crippen LogP contribution in [0.5, 0.6) is 0 Å². The summed E-state index contributed by atoms with van der Waals surface area (Å²) in [7, 11) is 0. The molecule has 2 unspecified atom stereocenters.